The molecule has 6 nitrogen and oxygen atoms in total. The first-order valence-corrected chi connectivity index (χ1v) is 13.2. The van der Waals surface area contributed by atoms with E-state index in [0.29, 0.717) is 30.3 Å². The molecule has 1 amide bonds. The van der Waals surface area contributed by atoms with Crippen molar-refractivity contribution in [1.29, 1.82) is 0 Å². The van der Waals surface area contributed by atoms with Gasteiger partial charge >= 0.3 is 0 Å². The van der Waals surface area contributed by atoms with E-state index in [2.05, 4.69) is 17.1 Å². The number of carbonyl (C=O) groups is 1. The largest absolute Gasteiger partial charge is 0.386 e. The number of hydrogen-bond donors (Lipinski definition) is 1. The van der Waals surface area contributed by atoms with Crippen LogP contribution in [0.2, 0.25) is 0 Å². The van der Waals surface area contributed by atoms with Gasteiger partial charge in [0.25, 0.3) is 5.91 Å². The molecule has 1 aromatic heterocycles. The van der Waals surface area contributed by atoms with E-state index in [1.54, 1.807) is 6.20 Å². The molecule has 194 valence electrons. The van der Waals surface area contributed by atoms with E-state index in [9.17, 15) is 9.90 Å². The van der Waals surface area contributed by atoms with Gasteiger partial charge in [0.05, 0.1) is 23.4 Å². The van der Waals surface area contributed by atoms with Crippen molar-refractivity contribution in [2.45, 2.75) is 44.9 Å². The lowest BCUT2D eigenvalue weighted by molar-refractivity contribution is 0.0212. The Morgan fingerprint density at radius 2 is 1.68 bits per heavy atom. The maximum absolute atomic E-state index is 14.1. The van der Waals surface area contributed by atoms with Crippen LogP contribution in [-0.2, 0) is 6.54 Å². The second kappa shape index (κ2) is 11.6. The summed E-state index contributed by atoms with van der Waals surface area (Å²) in [7, 11) is 1.96. The van der Waals surface area contributed by atoms with Gasteiger partial charge in [-0.25, -0.2) is 9.97 Å². The number of carbonyl (C=O) groups excluding carboxylic acids is 1. The number of likely N-dealkylation sites (tertiary alicyclic amines) is 1. The highest BCUT2D eigenvalue weighted by Crippen LogP contribution is 2.32. The summed E-state index contributed by atoms with van der Waals surface area (Å²) in [5, 5.41) is 11.3. The third kappa shape index (κ3) is 5.60. The van der Waals surface area contributed by atoms with Gasteiger partial charge < -0.3 is 14.9 Å². The number of amides is 1. The van der Waals surface area contributed by atoms with Crippen molar-refractivity contribution in [3.63, 3.8) is 0 Å². The average molecular weight is 507 g/mol. The van der Waals surface area contributed by atoms with E-state index in [1.165, 1.54) is 0 Å². The predicted octanol–water partition coefficient (Wildman–Crippen LogP) is 5.82. The Morgan fingerprint density at radius 1 is 1.00 bits per heavy atom. The number of aryl methyl sites for hydroxylation is 1. The van der Waals surface area contributed by atoms with E-state index in [0.717, 1.165) is 41.5 Å². The van der Waals surface area contributed by atoms with Crippen LogP contribution in [0.4, 0.5) is 5.95 Å². The number of aliphatic hydroxyl groups excluding tert-OH is 1. The highest BCUT2D eigenvalue weighted by atomic mass is 16.3. The number of nitrogens with zero attached hydrogens (tertiary/aromatic N) is 4. The molecule has 2 unspecified atom stereocenters. The summed E-state index contributed by atoms with van der Waals surface area (Å²) in [6.07, 6.45) is 3.53. The van der Waals surface area contributed by atoms with E-state index in [-0.39, 0.29) is 11.9 Å². The van der Waals surface area contributed by atoms with E-state index in [4.69, 9.17) is 4.98 Å². The summed E-state index contributed by atoms with van der Waals surface area (Å²) in [5.41, 5.74) is 5.05. The highest BCUT2D eigenvalue weighted by Gasteiger charge is 2.34. The number of piperidine rings is 1. The van der Waals surface area contributed by atoms with Gasteiger partial charge in [0.2, 0.25) is 5.95 Å². The van der Waals surface area contributed by atoms with Crippen LogP contribution in [-0.4, -0.2) is 45.5 Å². The number of aliphatic hydroxyl groups is 1. The van der Waals surface area contributed by atoms with Gasteiger partial charge in [-0.05, 0) is 37.3 Å². The molecule has 3 aromatic carbocycles. The molecule has 1 aliphatic rings. The minimum Gasteiger partial charge on any atom is -0.386 e. The molecule has 4 aromatic rings. The number of hydrogen-bond acceptors (Lipinski definition) is 5. The van der Waals surface area contributed by atoms with Crippen LogP contribution in [0.3, 0.4) is 0 Å². The molecule has 0 saturated carbocycles. The van der Waals surface area contributed by atoms with Crippen LogP contribution in [0.1, 0.15) is 52.4 Å². The molecular formula is C32H34N4O2. The van der Waals surface area contributed by atoms with Crippen LogP contribution >= 0.6 is 0 Å². The van der Waals surface area contributed by atoms with Crippen LogP contribution in [0, 0.1) is 6.92 Å². The third-order valence-corrected chi connectivity index (χ3v) is 7.25. The van der Waals surface area contributed by atoms with Crippen LogP contribution in [0.25, 0.3) is 11.3 Å². The third-order valence-electron chi connectivity index (χ3n) is 7.25. The Hall–Kier alpha value is -4.03. The fraction of sp³-hybridized carbons (Fsp3) is 0.281. The van der Waals surface area contributed by atoms with Crippen LogP contribution in [0.5, 0.6) is 0 Å². The molecule has 6 heteroatoms. The molecule has 0 bridgehead atoms. The van der Waals surface area contributed by atoms with Crippen molar-refractivity contribution in [2.75, 3.05) is 18.5 Å². The monoisotopic (exact) mass is 506 g/mol. The molecule has 5 rings (SSSR count). The molecule has 38 heavy (non-hydrogen) atoms. The standard InChI is InChI=1S/C32H34N4O2/c1-23-16-18-26(19-17-23)30(37)28-15-9-10-20-36(28)31(38)27-21-33-32(34-29(27)25-13-7-4-8-14-25)35(2)22-24-11-5-3-6-12-24/h3-8,11-14,16-19,21,28,30,37H,9-10,15,20,22H2,1-2H3. The summed E-state index contributed by atoms with van der Waals surface area (Å²) in [6.45, 7) is 3.27. The first-order chi connectivity index (χ1) is 18.5. The number of rotatable bonds is 7. The second-order valence-corrected chi connectivity index (χ2v) is 10.1. The van der Waals surface area contributed by atoms with Crippen molar-refractivity contribution in [2.24, 2.45) is 0 Å². The van der Waals surface area contributed by atoms with Gasteiger partial charge in [0, 0.05) is 31.9 Å². The fourth-order valence-electron chi connectivity index (χ4n) is 5.14. The Kier molecular flexibility index (Phi) is 7.80. The first-order valence-electron chi connectivity index (χ1n) is 13.2. The Balaban J connectivity index is 1.48. The zero-order chi connectivity index (χ0) is 26.5. The predicted molar refractivity (Wildman–Crippen MR) is 151 cm³/mol. The molecule has 1 fully saturated rings. The van der Waals surface area contributed by atoms with Gasteiger partial charge in [-0.1, -0.05) is 90.5 Å². The van der Waals surface area contributed by atoms with E-state index in [1.807, 2.05) is 96.6 Å². The van der Waals surface area contributed by atoms with Crippen LogP contribution in [0.15, 0.2) is 91.1 Å². The molecule has 2 heterocycles. The number of benzene rings is 3. The summed E-state index contributed by atoms with van der Waals surface area (Å²) < 4.78 is 0. The van der Waals surface area contributed by atoms with Crippen molar-refractivity contribution in [3.8, 4) is 11.3 Å². The first kappa shape index (κ1) is 25.6. The molecule has 1 N–H and O–H groups in total. The van der Waals surface area contributed by atoms with Crippen molar-refractivity contribution >= 4 is 11.9 Å². The zero-order valence-electron chi connectivity index (χ0n) is 22.0. The lowest BCUT2D eigenvalue weighted by Crippen LogP contribution is -2.47. The van der Waals surface area contributed by atoms with Crippen molar-refractivity contribution in [1.82, 2.24) is 14.9 Å². The highest BCUT2D eigenvalue weighted by molar-refractivity contribution is 6.00. The van der Waals surface area contributed by atoms with Crippen molar-refractivity contribution < 1.29 is 9.90 Å². The molecule has 0 aliphatic carbocycles. The molecule has 1 aliphatic heterocycles. The van der Waals surface area contributed by atoms with Gasteiger partial charge in [-0.15, -0.1) is 0 Å². The second-order valence-electron chi connectivity index (χ2n) is 10.1. The minimum absolute atomic E-state index is 0.142. The number of aromatic nitrogens is 2. The molecule has 2 atom stereocenters. The maximum atomic E-state index is 14.1. The lowest BCUT2D eigenvalue weighted by Gasteiger charge is -2.39. The smallest absolute Gasteiger partial charge is 0.258 e. The maximum Gasteiger partial charge on any atom is 0.258 e. The Morgan fingerprint density at radius 3 is 2.39 bits per heavy atom. The SMILES string of the molecule is Cc1ccc(C(O)C2CCCCN2C(=O)c2cnc(N(C)Cc3ccccc3)nc2-c2ccccc2)cc1. The van der Waals surface area contributed by atoms with Crippen LogP contribution < -0.4 is 4.90 Å². The minimum atomic E-state index is -0.753. The number of anilines is 1. The average Bonchev–Trinajstić information content (AvgIpc) is 2.97. The summed E-state index contributed by atoms with van der Waals surface area (Å²) in [6, 6.07) is 27.6. The molecular weight excluding hydrogens is 472 g/mol. The van der Waals surface area contributed by atoms with Gasteiger partial charge in [0.15, 0.2) is 0 Å². The molecule has 1 saturated heterocycles. The van der Waals surface area contributed by atoms with Crippen molar-refractivity contribution in [3.05, 3.63) is 113 Å². The fourth-order valence-corrected chi connectivity index (χ4v) is 5.14. The van der Waals surface area contributed by atoms with Gasteiger partial charge in [0.1, 0.15) is 0 Å². The Bertz CT molecular complexity index is 1360. The topological polar surface area (TPSA) is 69.6 Å². The normalized spacial score (nSPS) is 16.2. The summed E-state index contributed by atoms with van der Waals surface area (Å²) in [4.78, 5) is 27.4. The molecule has 0 spiro atoms. The quantitative estimate of drug-likeness (QED) is 0.342. The van der Waals surface area contributed by atoms with Gasteiger partial charge in [-0.2, -0.15) is 0 Å². The summed E-state index contributed by atoms with van der Waals surface area (Å²) in [5.74, 6) is 0.413. The van der Waals surface area contributed by atoms with Gasteiger partial charge in [-0.3, -0.25) is 4.79 Å². The Labute approximate surface area is 224 Å². The molecule has 0 radical (unpaired) electrons. The van der Waals surface area contributed by atoms with E-state index < -0.39 is 6.10 Å². The zero-order valence-corrected chi connectivity index (χ0v) is 22.0. The lowest BCUT2D eigenvalue weighted by atomic mass is 9.91. The summed E-state index contributed by atoms with van der Waals surface area (Å²) >= 11 is 0. The van der Waals surface area contributed by atoms with E-state index >= 15 is 0 Å².